The number of halogens is 2. The maximum absolute atomic E-state index is 13.5. The van der Waals surface area contributed by atoms with Gasteiger partial charge in [-0.2, -0.15) is 0 Å². The SMILES string of the molecule is CC(Cn1cccc1)c1ccc(F)cc1F. The average Bonchev–Trinajstić information content (AvgIpc) is 2.70. The molecule has 1 atom stereocenters. The fourth-order valence-corrected chi connectivity index (χ4v) is 1.81. The predicted octanol–water partition coefficient (Wildman–Crippen LogP) is 3.57. The van der Waals surface area contributed by atoms with E-state index in [-0.39, 0.29) is 5.92 Å². The summed E-state index contributed by atoms with van der Waals surface area (Å²) in [7, 11) is 0. The second kappa shape index (κ2) is 4.47. The van der Waals surface area contributed by atoms with Crippen molar-refractivity contribution in [3.05, 3.63) is 59.9 Å². The van der Waals surface area contributed by atoms with E-state index in [0.717, 1.165) is 6.07 Å². The quantitative estimate of drug-likeness (QED) is 0.746. The maximum Gasteiger partial charge on any atom is 0.129 e. The van der Waals surface area contributed by atoms with Crippen LogP contribution in [0.25, 0.3) is 0 Å². The van der Waals surface area contributed by atoms with Crippen molar-refractivity contribution in [1.29, 1.82) is 0 Å². The minimum absolute atomic E-state index is 0.0213. The molecular formula is C13H13F2N. The monoisotopic (exact) mass is 221 g/mol. The average molecular weight is 221 g/mol. The number of benzene rings is 1. The lowest BCUT2D eigenvalue weighted by atomic mass is 10.0. The van der Waals surface area contributed by atoms with Gasteiger partial charge in [-0.15, -0.1) is 0 Å². The number of rotatable bonds is 3. The van der Waals surface area contributed by atoms with Crippen molar-refractivity contribution in [3.63, 3.8) is 0 Å². The largest absolute Gasteiger partial charge is 0.354 e. The molecule has 1 aromatic heterocycles. The van der Waals surface area contributed by atoms with Crippen molar-refractivity contribution in [2.24, 2.45) is 0 Å². The Hall–Kier alpha value is -1.64. The lowest BCUT2D eigenvalue weighted by molar-refractivity contribution is 0.532. The molecule has 1 heterocycles. The van der Waals surface area contributed by atoms with Gasteiger partial charge in [-0.1, -0.05) is 13.0 Å². The molecular weight excluding hydrogens is 208 g/mol. The third-order valence-corrected chi connectivity index (χ3v) is 2.64. The smallest absolute Gasteiger partial charge is 0.129 e. The molecule has 0 N–H and O–H groups in total. The van der Waals surface area contributed by atoms with Crippen LogP contribution in [0, 0.1) is 11.6 Å². The van der Waals surface area contributed by atoms with Gasteiger partial charge in [0.15, 0.2) is 0 Å². The molecule has 84 valence electrons. The second-order valence-corrected chi connectivity index (χ2v) is 3.95. The third-order valence-electron chi connectivity index (χ3n) is 2.64. The Bertz CT molecular complexity index is 463. The van der Waals surface area contributed by atoms with Crippen LogP contribution >= 0.6 is 0 Å². The van der Waals surface area contributed by atoms with Gasteiger partial charge in [-0.25, -0.2) is 8.78 Å². The van der Waals surface area contributed by atoms with Gasteiger partial charge >= 0.3 is 0 Å². The molecule has 2 rings (SSSR count). The summed E-state index contributed by atoms with van der Waals surface area (Å²) in [5.74, 6) is -0.984. The summed E-state index contributed by atoms with van der Waals surface area (Å²) in [5, 5.41) is 0. The van der Waals surface area contributed by atoms with Crippen LogP contribution in [0.5, 0.6) is 0 Å². The molecule has 16 heavy (non-hydrogen) atoms. The van der Waals surface area contributed by atoms with Gasteiger partial charge in [-0.05, 0) is 23.8 Å². The van der Waals surface area contributed by atoms with Crippen LogP contribution in [0.1, 0.15) is 18.4 Å². The van der Waals surface area contributed by atoms with E-state index in [9.17, 15) is 8.78 Å². The van der Waals surface area contributed by atoms with Crippen LogP contribution < -0.4 is 0 Å². The van der Waals surface area contributed by atoms with E-state index >= 15 is 0 Å². The number of hydrogen-bond acceptors (Lipinski definition) is 0. The molecule has 0 spiro atoms. The highest BCUT2D eigenvalue weighted by molar-refractivity contribution is 5.22. The summed E-state index contributed by atoms with van der Waals surface area (Å²) >= 11 is 0. The molecule has 0 amide bonds. The zero-order valence-electron chi connectivity index (χ0n) is 9.03. The topological polar surface area (TPSA) is 4.93 Å². The molecule has 0 aliphatic rings. The number of hydrogen-bond donors (Lipinski definition) is 0. The van der Waals surface area contributed by atoms with E-state index in [1.807, 2.05) is 36.0 Å². The van der Waals surface area contributed by atoms with Crippen molar-refractivity contribution < 1.29 is 8.78 Å². The first-order valence-corrected chi connectivity index (χ1v) is 5.22. The zero-order chi connectivity index (χ0) is 11.5. The Morgan fingerprint density at radius 3 is 2.50 bits per heavy atom. The molecule has 2 aromatic rings. The number of nitrogens with zero attached hydrogens (tertiary/aromatic N) is 1. The molecule has 0 saturated heterocycles. The summed E-state index contributed by atoms with van der Waals surface area (Å²) in [6.07, 6.45) is 3.86. The Kier molecular flexibility index (Phi) is 3.04. The lowest BCUT2D eigenvalue weighted by Gasteiger charge is -2.13. The first-order valence-electron chi connectivity index (χ1n) is 5.22. The van der Waals surface area contributed by atoms with Gasteiger partial charge in [0.05, 0.1) is 0 Å². The van der Waals surface area contributed by atoms with Crippen molar-refractivity contribution >= 4 is 0 Å². The van der Waals surface area contributed by atoms with Crippen molar-refractivity contribution in [2.45, 2.75) is 19.4 Å². The van der Waals surface area contributed by atoms with Crippen LogP contribution in [0.4, 0.5) is 8.78 Å². The Morgan fingerprint density at radius 2 is 1.88 bits per heavy atom. The fraction of sp³-hybridized carbons (Fsp3) is 0.231. The minimum Gasteiger partial charge on any atom is -0.354 e. The van der Waals surface area contributed by atoms with Gasteiger partial charge in [0.1, 0.15) is 11.6 Å². The van der Waals surface area contributed by atoms with E-state index in [2.05, 4.69) is 0 Å². The fourth-order valence-electron chi connectivity index (χ4n) is 1.81. The van der Waals surface area contributed by atoms with E-state index in [4.69, 9.17) is 0 Å². The molecule has 0 fully saturated rings. The molecule has 0 bridgehead atoms. The summed E-state index contributed by atoms with van der Waals surface area (Å²) in [6.45, 7) is 2.62. The highest BCUT2D eigenvalue weighted by Gasteiger charge is 2.11. The van der Waals surface area contributed by atoms with Crippen LogP contribution in [0.2, 0.25) is 0 Å². The van der Waals surface area contributed by atoms with Gasteiger partial charge < -0.3 is 4.57 Å². The lowest BCUT2D eigenvalue weighted by Crippen LogP contribution is -2.06. The third kappa shape index (κ3) is 2.30. The summed E-state index contributed by atoms with van der Waals surface area (Å²) in [6, 6.07) is 7.59. The van der Waals surface area contributed by atoms with Gasteiger partial charge in [0.25, 0.3) is 0 Å². The highest BCUT2D eigenvalue weighted by Crippen LogP contribution is 2.21. The van der Waals surface area contributed by atoms with Crippen LogP contribution in [0.15, 0.2) is 42.7 Å². The van der Waals surface area contributed by atoms with E-state index in [0.29, 0.717) is 12.1 Å². The molecule has 0 radical (unpaired) electrons. The van der Waals surface area contributed by atoms with E-state index in [1.165, 1.54) is 12.1 Å². The Labute approximate surface area is 93.3 Å². The molecule has 1 nitrogen and oxygen atoms in total. The highest BCUT2D eigenvalue weighted by atomic mass is 19.1. The van der Waals surface area contributed by atoms with Crippen molar-refractivity contribution in [3.8, 4) is 0 Å². The van der Waals surface area contributed by atoms with Crippen molar-refractivity contribution in [2.75, 3.05) is 0 Å². The Morgan fingerprint density at radius 1 is 1.19 bits per heavy atom. The van der Waals surface area contributed by atoms with Gasteiger partial charge in [-0.3, -0.25) is 0 Å². The standard InChI is InChI=1S/C13H13F2N/c1-10(9-16-6-2-3-7-16)12-5-4-11(14)8-13(12)15/h2-8,10H,9H2,1H3. The van der Waals surface area contributed by atoms with Crippen molar-refractivity contribution in [1.82, 2.24) is 4.57 Å². The van der Waals surface area contributed by atoms with E-state index in [1.54, 1.807) is 0 Å². The Balaban J connectivity index is 2.17. The van der Waals surface area contributed by atoms with Gasteiger partial charge in [0.2, 0.25) is 0 Å². The maximum atomic E-state index is 13.5. The molecule has 0 saturated carbocycles. The molecule has 0 aliphatic heterocycles. The van der Waals surface area contributed by atoms with Crippen LogP contribution in [0.3, 0.4) is 0 Å². The first kappa shape index (κ1) is 10.9. The summed E-state index contributed by atoms with van der Waals surface area (Å²) in [4.78, 5) is 0. The zero-order valence-corrected chi connectivity index (χ0v) is 9.03. The molecule has 1 unspecified atom stereocenters. The van der Waals surface area contributed by atoms with Crippen LogP contribution in [-0.2, 0) is 6.54 Å². The van der Waals surface area contributed by atoms with Gasteiger partial charge in [0, 0.05) is 30.9 Å². The molecule has 0 aliphatic carbocycles. The summed E-state index contributed by atoms with van der Waals surface area (Å²) in [5.41, 5.74) is 0.551. The normalized spacial score (nSPS) is 12.7. The minimum atomic E-state index is -0.533. The second-order valence-electron chi connectivity index (χ2n) is 3.95. The number of aromatic nitrogens is 1. The summed E-state index contributed by atoms with van der Waals surface area (Å²) < 4.78 is 28.2. The first-order chi connectivity index (χ1) is 7.66. The van der Waals surface area contributed by atoms with E-state index < -0.39 is 11.6 Å². The van der Waals surface area contributed by atoms with Crippen LogP contribution in [-0.4, -0.2) is 4.57 Å². The molecule has 1 aromatic carbocycles. The predicted molar refractivity (Wildman–Crippen MR) is 59.2 cm³/mol. The molecule has 3 heteroatoms.